The van der Waals surface area contributed by atoms with Gasteiger partial charge in [0.25, 0.3) is 0 Å². The van der Waals surface area contributed by atoms with E-state index in [-0.39, 0.29) is 31.0 Å². The van der Waals surface area contributed by atoms with Gasteiger partial charge >= 0.3 is 5.97 Å². The number of hydrogen-bond donors (Lipinski definition) is 1. The third kappa shape index (κ3) is 6.94. The maximum atomic E-state index is 11.9. The van der Waals surface area contributed by atoms with Crippen LogP contribution in [-0.2, 0) is 14.3 Å². The van der Waals surface area contributed by atoms with Crippen molar-refractivity contribution in [1.82, 2.24) is 4.90 Å². The number of carbonyl (C=O) groups excluding carboxylic acids is 1. The lowest BCUT2D eigenvalue weighted by Gasteiger charge is -2.35. The van der Waals surface area contributed by atoms with Crippen LogP contribution >= 0.6 is 0 Å². The summed E-state index contributed by atoms with van der Waals surface area (Å²) in [5.74, 6) is -1.06. The molecule has 1 N–H and O–H groups in total. The second-order valence-corrected chi connectivity index (χ2v) is 4.91. The zero-order valence-corrected chi connectivity index (χ0v) is 11.2. The third-order valence-corrected chi connectivity index (χ3v) is 2.23. The highest BCUT2D eigenvalue weighted by molar-refractivity contribution is 5.79. The van der Waals surface area contributed by atoms with E-state index in [1.54, 1.807) is 4.90 Å². The van der Waals surface area contributed by atoms with Crippen molar-refractivity contribution in [2.75, 3.05) is 19.8 Å². The molecule has 0 unspecified atom stereocenters. The standard InChI is InChI=1S/C12H23NO4/c1-5-8-17-9-10(14)13(12(2,3)4)7-6-11(15)16/h5-9H2,1-4H3,(H,15,16). The molecule has 0 radical (unpaired) electrons. The van der Waals surface area contributed by atoms with E-state index in [0.717, 1.165) is 6.42 Å². The molecule has 0 aromatic heterocycles. The van der Waals surface area contributed by atoms with Crippen LogP contribution in [-0.4, -0.2) is 47.2 Å². The molecule has 0 heterocycles. The molecule has 0 atom stereocenters. The summed E-state index contributed by atoms with van der Waals surface area (Å²) in [7, 11) is 0. The van der Waals surface area contributed by atoms with E-state index in [0.29, 0.717) is 6.61 Å². The van der Waals surface area contributed by atoms with Gasteiger partial charge in [0.05, 0.1) is 6.42 Å². The maximum Gasteiger partial charge on any atom is 0.305 e. The maximum absolute atomic E-state index is 11.9. The van der Waals surface area contributed by atoms with Crippen molar-refractivity contribution < 1.29 is 19.4 Å². The number of rotatable bonds is 7. The first-order valence-electron chi connectivity index (χ1n) is 5.89. The second-order valence-electron chi connectivity index (χ2n) is 4.91. The molecule has 0 saturated heterocycles. The molecule has 5 heteroatoms. The molecule has 1 amide bonds. The number of ether oxygens (including phenoxy) is 1. The summed E-state index contributed by atoms with van der Waals surface area (Å²) in [6, 6.07) is 0. The van der Waals surface area contributed by atoms with Gasteiger partial charge in [-0.05, 0) is 27.2 Å². The Bertz CT molecular complexity index is 258. The summed E-state index contributed by atoms with van der Waals surface area (Å²) in [5, 5.41) is 8.65. The van der Waals surface area contributed by atoms with Crippen molar-refractivity contribution >= 4 is 11.9 Å². The molecule has 0 rings (SSSR count). The molecule has 0 aliphatic carbocycles. The fourth-order valence-corrected chi connectivity index (χ4v) is 1.42. The summed E-state index contributed by atoms with van der Waals surface area (Å²) in [6.45, 7) is 8.39. The van der Waals surface area contributed by atoms with Crippen molar-refractivity contribution in [1.29, 1.82) is 0 Å². The number of carboxylic acid groups (broad SMARTS) is 1. The van der Waals surface area contributed by atoms with Crippen molar-refractivity contribution in [3.05, 3.63) is 0 Å². The SMILES string of the molecule is CCCOCC(=O)N(CCC(=O)O)C(C)(C)C. The lowest BCUT2D eigenvalue weighted by Crippen LogP contribution is -2.48. The minimum Gasteiger partial charge on any atom is -0.481 e. The molecule has 0 fully saturated rings. The predicted molar refractivity (Wildman–Crippen MR) is 64.8 cm³/mol. The third-order valence-electron chi connectivity index (χ3n) is 2.23. The van der Waals surface area contributed by atoms with Crippen LogP contribution in [0.1, 0.15) is 40.5 Å². The van der Waals surface area contributed by atoms with Gasteiger partial charge in [0, 0.05) is 18.7 Å². The summed E-state index contributed by atoms with van der Waals surface area (Å²) in [4.78, 5) is 24.0. The first kappa shape index (κ1) is 15.9. The summed E-state index contributed by atoms with van der Waals surface area (Å²) in [5.41, 5.74) is -0.387. The zero-order valence-electron chi connectivity index (χ0n) is 11.2. The smallest absolute Gasteiger partial charge is 0.305 e. The normalized spacial score (nSPS) is 11.3. The topological polar surface area (TPSA) is 66.8 Å². The average Bonchev–Trinajstić information content (AvgIpc) is 2.15. The molecule has 100 valence electrons. The fourth-order valence-electron chi connectivity index (χ4n) is 1.42. The van der Waals surface area contributed by atoms with Gasteiger partial charge in [-0.3, -0.25) is 9.59 Å². The molecular formula is C12H23NO4. The number of carbonyl (C=O) groups is 2. The van der Waals surface area contributed by atoms with Crippen molar-refractivity contribution in [3.63, 3.8) is 0 Å². The Hall–Kier alpha value is -1.10. The Kier molecular flexibility index (Phi) is 6.80. The Morgan fingerprint density at radius 2 is 1.88 bits per heavy atom. The summed E-state index contributed by atoms with van der Waals surface area (Å²) in [6.07, 6.45) is 0.814. The quantitative estimate of drug-likeness (QED) is 0.690. The van der Waals surface area contributed by atoms with Crippen molar-refractivity contribution in [2.24, 2.45) is 0 Å². The molecule has 0 aromatic carbocycles. The van der Waals surface area contributed by atoms with Gasteiger partial charge in [-0.25, -0.2) is 0 Å². The highest BCUT2D eigenvalue weighted by Gasteiger charge is 2.26. The van der Waals surface area contributed by atoms with Gasteiger partial charge in [-0.1, -0.05) is 6.92 Å². The van der Waals surface area contributed by atoms with E-state index in [1.165, 1.54) is 0 Å². The van der Waals surface area contributed by atoms with Crippen LogP contribution in [0.5, 0.6) is 0 Å². The molecular weight excluding hydrogens is 222 g/mol. The summed E-state index contributed by atoms with van der Waals surface area (Å²) >= 11 is 0. The van der Waals surface area contributed by atoms with Crippen LogP contribution in [0.3, 0.4) is 0 Å². The number of amides is 1. The molecule has 0 spiro atoms. The Labute approximate surface area is 103 Å². The average molecular weight is 245 g/mol. The van der Waals surface area contributed by atoms with Crippen LogP contribution in [0.2, 0.25) is 0 Å². The molecule has 0 aliphatic heterocycles. The van der Waals surface area contributed by atoms with Crippen LogP contribution in [0.25, 0.3) is 0 Å². The lowest BCUT2D eigenvalue weighted by atomic mass is 10.1. The van der Waals surface area contributed by atoms with E-state index in [2.05, 4.69) is 0 Å². The van der Waals surface area contributed by atoms with E-state index in [4.69, 9.17) is 9.84 Å². The van der Waals surface area contributed by atoms with E-state index >= 15 is 0 Å². The number of carboxylic acids is 1. The number of aliphatic carboxylic acids is 1. The first-order valence-corrected chi connectivity index (χ1v) is 5.89. The van der Waals surface area contributed by atoms with Crippen LogP contribution < -0.4 is 0 Å². The largest absolute Gasteiger partial charge is 0.481 e. The minimum atomic E-state index is -0.901. The van der Waals surface area contributed by atoms with Gasteiger partial charge in [0.2, 0.25) is 5.91 Å². The second kappa shape index (κ2) is 7.27. The molecule has 17 heavy (non-hydrogen) atoms. The molecule has 0 saturated carbocycles. The minimum absolute atomic E-state index is 0.0186. The number of nitrogens with zero attached hydrogens (tertiary/aromatic N) is 1. The summed E-state index contributed by atoms with van der Waals surface area (Å²) < 4.78 is 5.19. The lowest BCUT2D eigenvalue weighted by molar-refractivity contribution is -0.143. The molecule has 0 bridgehead atoms. The van der Waals surface area contributed by atoms with Crippen LogP contribution in [0.15, 0.2) is 0 Å². The zero-order chi connectivity index (χ0) is 13.5. The monoisotopic (exact) mass is 245 g/mol. The molecule has 0 aliphatic rings. The highest BCUT2D eigenvalue weighted by Crippen LogP contribution is 2.14. The van der Waals surface area contributed by atoms with Gasteiger partial charge in [0.15, 0.2) is 0 Å². The number of hydrogen-bond acceptors (Lipinski definition) is 3. The first-order chi connectivity index (χ1) is 7.79. The van der Waals surface area contributed by atoms with E-state index in [9.17, 15) is 9.59 Å². The van der Waals surface area contributed by atoms with Crippen LogP contribution in [0, 0.1) is 0 Å². The van der Waals surface area contributed by atoms with Gasteiger partial charge in [-0.15, -0.1) is 0 Å². The molecule has 5 nitrogen and oxygen atoms in total. The highest BCUT2D eigenvalue weighted by atomic mass is 16.5. The van der Waals surface area contributed by atoms with Crippen molar-refractivity contribution in [2.45, 2.75) is 46.1 Å². The Morgan fingerprint density at radius 1 is 1.29 bits per heavy atom. The Balaban J connectivity index is 4.36. The van der Waals surface area contributed by atoms with Gasteiger partial charge in [0.1, 0.15) is 6.61 Å². The Morgan fingerprint density at radius 3 is 2.29 bits per heavy atom. The van der Waals surface area contributed by atoms with Gasteiger partial charge in [-0.2, -0.15) is 0 Å². The fraction of sp³-hybridized carbons (Fsp3) is 0.833. The van der Waals surface area contributed by atoms with Gasteiger partial charge < -0.3 is 14.7 Å². The van der Waals surface area contributed by atoms with E-state index < -0.39 is 5.97 Å². The van der Waals surface area contributed by atoms with Crippen molar-refractivity contribution in [3.8, 4) is 0 Å². The molecule has 0 aromatic rings. The van der Waals surface area contributed by atoms with E-state index in [1.807, 2.05) is 27.7 Å². The predicted octanol–water partition coefficient (Wildman–Crippen LogP) is 1.51. The van der Waals surface area contributed by atoms with Crippen LogP contribution in [0.4, 0.5) is 0 Å².